The zero-order chi connectivity index (χ0) is 16.9. The maximum absolute atomic E-state index is 9.62. The van der Waals surface area contributed by atoms with E-state index in [1.165, 1.54) is 0 Å². The number of aromatic nitrogens is 1. The molecule has 0 spiro atoms. The van der Waals surface area contributed by atoms with E-state index in [-0.39, 0.29) is 17.3 Å². The highest BCUT2D eigenvalue weighted by Crippen LogP contribution is 2.33. The molecular weight excluding hydrogens is 296 g/mol. The number of pyridine rings is 1. The van der Waals surface area contributed by atoms with Gasteiger partial charge in [-0.1, -0.05) is 13.8 Å². The molecule has 0 saturated carbocycles. The molecule has 0 aliphatic heterocycles. The van der Waals surface area contributed by atoms with Crippen molar-refractivity contribution >= 4 is 11.8 Å². The molecule has 122 valence electrons. The fourth-order valence-electron chi connectivity index (χ4n) is 2.36. The Morgan fingerprint density at radius 2 is 1.77 bits per heavy atom. The summed E-state index contributed by atoms with van der Waals surface area (Å²) in [5.74, 6) is 0.882. The highest BCUT2D eigenvalue weighted by molar-refractivity contribution is 8.00. The normalized spacial score (nSPS) is 13.0. The summed E-state index contributed by atoms with van der Waals surface area (Å²) in [6, 6.07) is 6.28. The standard InChI is InChI=1S/C16H26N4OS/c1-11(2)15-12(8-9-14(18-15)21-7)22-13(10-17)16(19(3)4)20(5)6/h8-9,11,13,16H,1-7H3. The van der Waals surface area contributed by atoms with E-state index in [4.69, 9.17) is 4.74 Å². The number of ether oxygens (including phenoxy) is 1. The number of methoxy groups -OCH3 is 1. The maximum Gasteiger partial charge on any atom is 0.213 e. The zero-order valence-corrected chi connectivity index (χ0v) is 15.3. The first-order chi connectivity index (χ1) is 10.3. The highest BCUT2D eigenvalue weighted by atomic mass is 32.2. The van der Waals surface area contributed by atoms with Crippen LogP contribution in [0.25, 0.3) is 0 Å². The molecule has 6 heteroatoms. The van der Waals surface area contributed by atoms with E-state index >= 15 is 0 Å². The van der Waals surface area contributed by atoms with Crippen LogP contribution in [0.2, 0.25) is 0 Å². The van der Waals surface area contributed by atoms with Crippen molar-refractivity contribution in [3.05, 3.63) is 17.8 Å². The number of nitriles is 1. The Hall–Kier alpha value is -1.29. The van der Waals surface area contributed by atoms with Crippen molar-refractivity contribution in [2.45, 2.75) is 36.1 Å². The predicted molar refractivity (Wildman–Crippen MR) is 91.3 cm³/mol. The Kier molecular flexibility index (Phi) is 7.14. The summed E-state index contributed by atoms with van der Waals surface area (Å²) in [5, 5.41) is 9.41. The molecular formula is C16H26N4OS. The molecule has 0 aliphatic carbocycles. The van der Waals surface area contributed by atoms with Crippen LogP contribution in [-0.4, -0.2) is 61.5 Å². The van der Waals surface area contributed by atoms with Gasteiger partial charge in [-0.25, -0.2) is 4.98 Å². The Labute approximate surface area is 138 Å². The molecule has 1 rings (SSSR count). The van der Waals surface area contributed by atoms with Crippen LogP contribution in [0.15, 0.2) is 17.0 Å². The van der Waals surface area contributed by atoms with Crippen LogP contribution >= 0.6 is 11.8 Å². The van der Waals surface area contributed by atoms with Gasteiger partial charge in [0.25, 0.3) is 0 Å². The summed E-state index contributed by atoms with van der Waals surface area (Å²) in [6.45, 7) is 4.20. The summed E-state index contributed by atoms with van der Waals surface area (Å²) in [6.07, 6.45) is 0.0251. The average molecular weight is 322 g/mol. The fourth-order valence-corrected chi connectivity index (χ4v) is 3.85. The quantitative estimate of drug-likeness (QED) is 0.568. The lowest BCUT2D eigenvalue weighted by Crippen LogP contribution is -2.47. The largest absolute Gasteiger partial charge is 0.481 e. The minimum Gasteiger partial charge on any atom is -0.481 e. The molecule has 1 unspecified atom stereocenters. The van der Waals surface area contributed by atoms with Crippen molar-refractivity contribution in [2.75, 3.05) is 35.3 Å². The van der Waals surface area contributed by atoms with Gasteiger partial charge >= 0.3 is 0 Å². The van der Waals surface area contributed by atoms with Gasteiger partial charge in [0, 0.05) is 11.0 Å². The van der Waals surface area contributed by atoms with Gasteiger partial charge in [-0.05, 0) is 40.2 Å². The highest BCUT2D eigenvalue weighted by Gasteiger charge is 2.27. The molecule has 0 aromatic carbocycles. The summed E-state index contributed by atoms with van der Waals surface area (Å²) in [4.78, 5) is 9.71. The van der Waals surface area contributed by atoms with E-state index in [0.29, 0.717) is 5.88 Å². The van der Waals surface area contributed by atoms with Crippen molar-refractivity contribution in [3.8, 4) is 11.9 Å². The second-order valence-corrected chi connectivity index (χ2v) is 7.08. The van der Waals surface area contributed by atoms with E-state index in [1.54, 1.807) is 18.9 Å². The molecule has 1 aromatic rings. The third-order valence-corrected chi connectivity index (χ3v) is 4.53. The molecule has 1 heterocycles. The average Bonchev–Trinajstić information content (AvgIpc) is 2.45. The SMILES string of the molecule is COc1ccc(SC(C#N)C(N(C)C)N(C)C)c(C(C)C)n1. The van der Waals surface area contributed by atoms with Crippen LogP contribution in [0.3, 0.4) is 0 Å². The maximum atomic E-state index is 9.62. The molecule has 0 saturated heterocycles. The van der Waals surface area contributed by atoms with Crippen molar-refractivity contribution in [2.24, 2.45) is 0 Å². The monoisotopic (exact) mass is 322 g/mol. The Balaban J connectivity index is 3.13. The smallest absolute Gasteiger partial charge is 0.213 e. The molecule has 1 aromatic heterocycles. The van der Waals surface area contributed by atoms with Crippen LogP contribution in [0.1, 0.15) is 25.5 Å². The lowest BCUT2D eigenvalue weighted by Gasteiger charge is -2.33. The minimum atomic E-state index is -0.210. The van der Waals surface area contributed by atoms with Gasteiger partial charge in [0.15, 0.2) is 0 Å². The topological polar surface area (TPSA) is 52.4 Å². The first kappa shape index (κ1) is 18.8. The van der Waals surface area contributed by atoms with Crippen LogP contribution in [-0.2, 0) is 0 Å². The van der Waals surface area contributed by atoms with Gasteiger partial charge in [0.1, 0.15) is 5.25 Å². The first-order valence-corrected chi connectivity index (χ1v) is 8.13. The fraction of sp³-hybridized carbons (Fsp3) is 0.625. The number of nitrogens with zero attached hydrogens (tertiary/aromatic N) is 4. The van der Waals surface area contributed by atoms with Gasteiger partial charge in [0.05, 0.1) is 25.0 Å². The molecule has 0 aliphatic rings. The van der Waals surface area contributed by atoms with Gasteiger partial charge in [-0.15, -0.1) is 11.8 Å². The zero-order valence-electron chi connectivity index (χ0n) is 14.5. The van der Waals surface area contributed by atoms with Gasteiger partial charge < -0.3 is 4.74 Å². The van der Waals surface area contributed by atoms with E-state index < -0.39 is 0 Å². The third-order valence-electron chi connectivity index (χ3n) is 3.33. The summed E-state index contributed by atoms with van der Waals surface area (Å²) in [5.41, 5.74) is 0.973. The number of thioether (sulfide) groups is 1. The number of hydrogen-bond acceptors (Lipinski definition) is 6. The molecule has 0 amide bonds. The number of rotatable bonds is 7. The molecule has 0 N–H and O–H groups in total. The van der Waals surface area contributed by atoms with Crippen LogP contribution < -0.4 is 4.74 Å². The molecule has 22 heavy (non-hydrogen) atoms. The molecule has 1 atom stereocenters. The minimum absolute atomic E-state index is 0.0251. The van der Waals surface area contributed by atoms with Crippen molar-refractivity contribution in [1.82, 2.24) is 14.8 Å². The Morgan fingerprint density at radius 3 is 2.18 bits per heavy atom. The van der Waals surface area contributed by atoms with E-state index in [2.05, 4.69) is 34.7 Å². The van der Waals surface area contributed by atoms with Gasteiger partial charge in [-0.2, -0.15) is 5.26 Å². The van der Waals surface area contributed by atoms with Crippen LogP contribution in [0.4, 0.5) is 0 Å². The van der Waals surface area contributed by atoms with Gasteiger partial charge in [0.2, 0.25) is 5.88 Å². The van der Waals surface area contributed by atoms with E-state index in [1.807, 2.05) is 40.3 Å². The van der Waals surface area contributed by atoms with Crippen molar-refractivity contribution < 1.29 is 4.74 Å². The molecule has 0 fully saturated rings. The second kappa shape index (κ2) is 8.37. The predicted octanol–water partition coefficient (Wildman–Crippen LogP) is 2.65. The first-order valence-electron chi connectivity index (χ1n) is 7.25. The summed E-state index contributed by atoms with van der Waals surface area (Å²) < 4.78 is 5.21. The van der Waals surface area contributed by atoms with Crippen LogP contribution in [0, 0.1) is 11.3 Å². The van der Waals surface area contributed by atoms with Crippen molar-refractivity contribution in [3.63, 3.8) is 0 Å². The second-order valence-electron chi connectivity index (χ2n) is 5.90. The molecule has 0 radical (unpaired) electrons. The van der Waals surface area contributed by atoms with Crippen LogP contribution in [0.5, 0.6) is 5.88 Å². The van der Waals surface area contributed by atoms with E-state index in [9.17, 15) is 5.26 Å². The summed E-state index contributed by atoms with van der Waals surface area (Å²) in [7, 11) is 9.58. The lowest BCUT2D eigenvalue weighted by atomic mass is 10.1. The number of hydrogen-bond donors (Lipinski definition) is 0. The Bertz CT molecular complexity index is 517. The van der Waals surface area contributed by atoms with Gasteiger partial charge in [-0.3, -0.25) is 9.80 Å². The lowest BCUT2D eigenvalue weighted by molar-refractivity contribution is 0.138. The van der Waals surface area contributed by atoms with E-state index in [0.717, 1.165) is 10.6 Å². The van der Waals surface area contributed by atoms with Crippen molar-refractivity contribution in [1.29, 1.82) is 5.26 Å². The third kappa shape index (κ3) is 4.60. The Morgan fingerprint density at radius 1 is 1.18 bits per heavy atom. The molecule has 5 nitrogen and oxygen atoms in total. The summed E-state index contributed by atoms with van der Waals surface area (Å²) >= 11 is 1.57. The molecule has 0 bridgehead atoms.